The minimum absolute atomic E-state index is 0.551. The Bertz CT molecular complexity index is 405. The molecule has 2 rings (SSSR count). The summed E-state index contributed by atoms with van der Waals surface area (Å²) in [6.45, 7) is 6.41. The van der Waals surface area contributed by atoms with E-state index in [4.69, 9.17) is 17.3 Å². The summed E-state index contributed by atoms with van der Waals surface area (Å²) in [5, 5.41) is 0.863. The first kappa shape index (κ1) is 13.7. The second-order valence-electron chi connectivity index (χ2n) is 5.34. The zero-order chi connectivity index (χ0) is 13.1. The maximum Gasteiger partial charge on any atom is 0.0642 e. The molecule has 2 nitrogen and oxygen atoms in total. The lowest BCUT2D eigenvalue weighted by molar-refractivity contribution is 0.363. The lowest BCUT2D eigenvalue weighted by Gasteiger charge is -2.41. The maximum absolute atomic E-state index is 6.43. The van der Waals surface area contributed by atoms with Crippen molar-refractivity contribution >= 4 is 17.3 Å². The van der Waals surface area contributed by atoms with Crippen molar-refractivity contribution in [3.05, 3.63) is 28.8 Å². The molecule has 0 bridgehead atoms. The Kier molecular flexibility index (Phi) is 4.52. The molecule has 1 aromatic rings. The number of hydrogen-bond donors (Lipinski definition) is 1. The quantitative estimate of drug-likeness (QED) is 0.908. The Hall–Kier alpha value is -0.730. The Balaban J connectivity index is 2.36. The van der Waals surface area contributed by atoms with Crippen LogP contribution in [0.15, 0.2) is 18.2 Å². The highest BCUT2D eigenvalue weighted by Crippen LogP contribution is 2.36. The lowest BCUT2D eigenvalue weighted by atomic mass is 9.91. The van der Waals surface area contributed by atoms with Crippen LogP contribution in [0.2, 0.25) is 5.02 Å². The Morgan fingerprint density at radius 3 is 2.89 bits per heavy atom. The molecule has 0 spiro atoms. The first-order valence-corrected chi connectivity index (χ1v) is 7.27. The molecule has 2 atom stereocenters. The molecule has 0 saturated carbocycles. The molecule has 2 unspecified atom stereocenters. The predicted octanol–water partition coefficient (Wildman–Crippen LogP) is 3.47. The molecule has 0 aliphatic carbocycles. The van der Waals surface area contributed by atoms with E-state index in [0.717, 1.165) is 23.9 Å². The number of piperidine rings is 1. The van der Waals surface area contributed by atoms with Crippen molar-refractivity contribution < 1.29 is 0 Å². The molecular weight excluding hydrogens is 244 g/mol. The standard InChI is InChI=1S/C15H23ClN2/c1-11-5-4-10-18(12(11)2)15-13(8-9-17)6-3-7-14(15)16/h3,6-7,11-12H,4-5,8-10,17H2,1-2H3. The second kappa shape index (κ2) is 5.94. The smallest absolute Gasteiger partial charge is 0.0642 e. The van der Waals surface area contributed by atoms with Crippen LogP contribution in [0.4, 0.5) is 5.69 Å². The van der Waals surface area contributed by atoms with Crippen LogP contribution in [-0.4, -0.2) is 19.1 Å². The Morgan fingerprint density at radius 2 is 2.17 bits per heavy atom. The molecule has 1 aromatic carbocycles. The van der Waals surface area contributed by atoms with E-state index in [0.29, 0.717) is 12.6 Å². The minimum atomic E-state index is 0.551. The average Bonchev–Trinajstić information content (AvgIpc) is 2.34. The van der Waals surface area contributed by atoms with Gasteiger partial charge in [-0.15, -0.1) is 0 Å². The average molecular weight is 267 g/mol. The Morgan fingerprint density at radius 1 is 1.39 bits per heavy atom. The van der Waals surface area contributed by atoms with Gasteiger partial charge < -0.3 is 10.6 Å². The largest absolute Gasteiger partial charge is 0.367 e. The summed E-state index contributed by atoms with van der Waals surface area (Å²) in [7, 11) is 0. The van der Waals surface area contributed by atoms with Gasteiger partial charge >= 0.3 is 0 Å². The fourth-order valence-corrected chi connectivity index (χ4v) is 3.19. The van der Waals surface area contributed by atoms with E-state index in [1.54, 1.807) is 0 Å². The van der Waals surface area contributed by atoms with E-state index in [9.17, 15) is 0 Å². The number of nitrogens with two attached hydrogens (primary N) is 1. The topological polar surface area (TPSA) is 29.3 Å². The maximum atomic E-state index is 6.43. The van der Waals surface area contributed by atoms with Crippen LogP contribution in [0, 0.1) is 5.92 Å². The molecule has 1 fully saturated rings. The van der Waals surface area contributed by atoms with E-state index in [1.807, 2.05) is 12.1 Å². The molecule has 0 aromatic heterocycles. The van der Waals surface area contributed by atoms with Crippen molar-refractivity contribution in [3.63, 3.8) is 0 Å². The summed E-state index contributed by atoms with van der Waals surface area (Å²) in [6, 6.07) is 6.72. The number of rotatable bonds is 3. The number of hydrogen-bond acceptors (Lipinski definition) is 2. The summed E-state index contributed by atoms with van der Waals surface area (Å²) >= 11 is 6.43. The van der Waals surface area contributed by atoms with Gasteiger partial charge in [-0.2, -0.15) is 0 Å². The Labute approximate surface area is 115 Å². The highest BCUT2D eigenvalue weighted by molar-refractivity contribution is 6.33. The highest BCUT2D eigenvalue weighted by atomic mass is 35.5. The monoisotopic (exact) mass is 266 g/mol. The van der Waals surface area contributed by atoms with Gasteiger partial charge in [0.1, 0.15) is 0 Å². The van der Waals surface area contributed by atoms with Gasteiger partial charge in [0.2, 0.25) is 0 Å². The normalized spacial score (nSPS) is 24.3. The SMILES string of the molecule is CC1CCCN(c2c(Cl)cccc2CCN)C1C. The lowest BCUT2D eigenvalue weighted by Crippen LogP contribution is -2.43. The zero-order valence-electron chi connectivity index (χ0n) is 11.3. The first-order chi connectivity index (χ1) is 8.65. The van der Waals surface area contributed by atoms with E-state index < -0.39 is 0 Å². The van der Waals surface area contributed by atoms with Gasteiger partial charge in [-0.05, 0) is 50.3 Å². The molecule has 100 valence electrons. The molecule has 0 amide bonds. The van der Waals surface area contributed by atoms with Crippen molar-refractivity contribution in [1.82, 2.24) is 0 Å². The number of benzene rings is 1. The van der Waals surface area contributed by atoms with Crippen LogP contribution in [0.25, 0.3) is 0 Å². The molecule has 3 heteroatoms. The van der Waals surface area contributed by atoms with Gasteiger partial charge in [0.05, 0.1) is 10.7 Å². The van der Waals surface area contributed by atoms with Gasteiger partial charge in [0.15, 0.2) is 0 Å². The summed E-state index contributed by atoms with van der Waals surface area (Å²) < 4.78 is 0. The fraction of sp³-hybridized carbons (Fsp3) is 0.600. The van der Waals surface area contributed by atoms with Gasteiger partial charge in [0, 0.05) is 12.6 Å². The summed E-state index contributed by atoms with van der Waals surface area (Å²) in [5.41, 5.74) is 8.20. The number of para-hydroxylation sites is 1. The summed E-state index contributed by atoms with van der Waals surface area (Å²) in [5.74, 6) is 0.723. The molecule has 1 saturated heterocycles. The summed E-state index contributed by atoms with van der Waals surface area (Å²) in [6.07, 6.45) is 3.46. The third-order valence-corrected chi connectivity index (χ3v) is 4.45. The van der Waals surface area contributed by atoms with Crippen molar-refractivity contribution in [2.45, 2.75) is 39.2 Å². The van der Waals surface area contributed by atoms with Crippen LogP contribution in [0.1, 0.15) is 32.3 Å². The molecular formula is C15H23ClN2. The number of anilines is 1. The van der Waals surface area contributed by atoms with Crippen molar-refractivity contribution in [1.29, 1.82) is 0 Å². The van der Waals surface area contributed by atoms with Crippen LogP contribution in [0.3, 0.4) is 0 Å². The molecule has 1 heterocycles. The van der Waals surface area contributed by atoms with Gasteiger partial charge in [-0.3, -0.25) is 0 Å². The molecule has 1 aliphatic rings. The van der Waals surface area contributed by atoms with E-state index >= 15 is 0 Å². The van der Waals surface area contributed by atoms with Crippen LogP contribution in [-0.2, 0) is 6.42 Å². The number of halogens is 1. The zero-order valence-corrected chi connectivity index (χ0v) is 12.1. The predicted molar refractivity (Wildman–Crippen MR) is 79.4 cm³/mol. The minimum Gasteiger partial charge on any atom is -0.367 e. The highest BCUT2D eigenvalue weighted by Gasteiger charge is 2.27. The van der Waals surface area contributed by atoms with Crippen molar-refractivity contribution in [3.8, 4) is 0 Å². The van der Waals surface area contributed by atoms with E-state index in [1.165, 1.54) is 24.1 Å². The van der Waals surface area contributed by atoms with Crippen LogP contribution in [0.5, 0.6) is 0 Å². The van der Waals surface area contributed by atoms with E-state index in [-0.39, 0.29) is 0 Å². The third-order valence-electron chi connectivity index (χ3n) is 4.14. The molecule has 18 heavy (non-hydrogen) atoms. The fourth-order valence-electron chi connectivity index (χ4n) is 2.89. The second-order valence-corrected chi connectivity index (χ2v) is 5.75. The van der Waals surface area contributed by atoms with Crippen LogP contribution < -0.4 is 10.6 Å². The molecule has 1 aliphatic heterocycles. The summed E-state index contributed by atoms with van der Waals surface area (Å²) in [4.78, 5) is 2.47. The number of nitrogens with zero attached hydrogens (tertiary/aromatic N) is 1. The van der Waals surface area contributed by atoms with Crippen LogP contribution >= 0.6 is 11.6 Å². The van der Waals surface area contributed by atoms with E-state index in [2.05, 4.69) is 24.8 Å². The van der Waals surface area contributed by atoms with Crippen molar-refractivity contribution in [2.75, 3.05) is 18.0 Å². The molecule has 0 radical (unpaired) electrons. The molecule has 2 N–H and O–H groups in total. The third kappa shape index (κ3) is 2.65. The van der Waals surface area contributed by atoms with Crippen molar-refractivity contribution in [2.24, 2.45) is 11.7 Å². The first-order valence-electron chi connectivity index (χ1n) is 6.89. The van der Waals surface area contributed by atoms with Gasteiger partial charge in [0.25, 0.3) is 0 Å². The van der Waals surface area contributed by atoms with Gasteiger partial charge in [-0.1, -0.05) is 30.7 Å². The van der Waals surface area contributed by atoms with Gasteiger partial charge in [-0.25, -0.2) is 0 Å².